The van der Waals surface area contributed by atoms with E-state index in [1.165, 1.54) is 12.0 Å². The molecule has 0 fully saturated rings. The van der Waals surface area contributed by atoms with E-state index < -0.39 is 0 Å². The minimum Gasteiger partial charge on any atom is -0.326 e. The molecular formula is C33H37N5O. The van der Waals surface area contributed by atoms with Crippen LogP contribution in [0.1, 0.15) is 50.8 Å². The third-order valence-electron chi connectivity index (χ3n) is 7.20. The van der Waals surface area contributed by atoms with Gasteiger partial charge in [-0.1, -0.05) is 93.4 Å². The largest absolute Gasteiger partial charge is 0.326 e. The molecule has 6 nitrogen and oxygen atoms in total. The molecule has 6 heteroatoms. The van der Waals surface area contributed by atoms with Gasteiger partial charge >= 0.3 is 0 Å². The van der Waals surface area contributed by atoms with Crippen molar-refractivity contribution in [3.63, 3.8) is 0 Å². The van der Waals surface area contributed by atoms with Crippen LogP contribution in [0, 0.1) is 0 Å². The Bertz CT molecular complexity index is 1560. The van der Waals surface area contributed by atoms with E-state index in [0.29, 0.717) is 5.39 Å². The number of nitrogens with zero attached hydrogens (tertiary/aromatic N) is 4. The number of aromatic amines is 1. The zero-order valence-corrected chi connectivity index (χ0v) is 22.9. The Morgan fingerprint density at radius 3 is 2.28 bits per heavy atom. The number of hydrogen-bond acceptors (Lipinski definition) is 4. The van der Waals surface area contributed by atoms with Gasteiger partial charge in [0.05, 0.1) is 28.6 Å². The van der Waals surface area contributed by atoms with Gasteiger partial charge in [-0.2, -0.15) is 0 Å². The summed E-state index contributed by atoms with van der Waals surface area (Å²) in [6, 6.07) is 27.1. The van der Waals surface area contributed by atoms with Crippen molar-refractivity contribution in [3.05, 3.63) is 107 Å². The number of imidazole rings is 1. The van der Waals surface area contributed by atoms with E-state index in [1.807, 2.05) is 12.1 Å². The fourth-order valence-corrected chi connectivity index (χ4v) is 5.12. The van der Waals surface area contributed by atoms with Gasteiger partial charge in [0.2, 0.25) is 0 Å². The molecule has 5 aromatic rings. The summed E-state index contributed by atoms with van der Waals surface area (Å²) in [6.45, 7) is 7.94. The Labute approximate surface area is 230 Å². The Kier molecular flexibility index (Phi) is 8.64. The van der Waals surface area contributed by atoms with Gasteiger partial charge in [-0.05, 0) is 37.1 Å². The molecule has 0 aliphatic carbocycles. The molecule has 0 aliphatic rings. The van der Waals surface area contributed by atoms with Gasteiger partial charge in [0.1, 0.15) is 5.82 Å². The van der Waals surface area contributed by atoms with E-state index in [1.54, 1.807) is 0 Å². The minimum atomic E-state index is -0.102. The molecule has 2 aromatic heterocycles. The van der Waals surface area contributed by atoms with Crippen LogP contribution in [0.2, 0.25) is 0 Å². The molecule has 3 aromatic carbocycles. The summed E-state index contributed by atoms with van der Waals surface area (Å²) in [5.41, 5.74) is 6.37. The van der Waals surface area contributed by atoms with Gasteiger partial charge in [0.25, 0.3) is 5.56 Å². The van der Waals surface area contributed by atoms with E-state index in [-0.39, 0.29) is 5.56 Å². The summed E-state index contributed by atoms with van der Waals surface area (Å²) < 4.78 is 2.45. The van der Waals surface area contributed by atoms with Crippen LogP contribution in [0.25, 0.3) is 33.5 Å². The van der Waals surface area contributed by atoms with Crippen LogP contribution < -0.4 is 5.56 Å². The Balaban J connectivity index is 1.57. The average Bonchev–Trinajstić information content (AvgIpc) is 3.33. The predicted molar refractivity (Wildman–Crippen MR) is 159 cm³/mol. The molecule has 0 amide bonds. The highest BCUT2D eigenvalue weighted by molar-refractivity contribution is 5.77. The van der Waals surface area contributed by atoms with Crippen LogP contribution >= 0.6 is 0 Å². The van der Waals surface area contributed by atoms with Crippen molar-refractivity contribution in [3.8, 4) is 22.6 Å². The maximum Gasteiger partial charge on any atom is 0.258 e. The normalized spacial score (nSPS) is 11.5. The van der Waals surface area contributed by atoms with Crippen LogP contribution in [-0.2, 0) is 19.6 Å². The molecule has 2 heterocycles. The molecule has 0 bridgehead atoms. The van der Waals surface area contributed by atoms with E-state index >= 15 is 0 Å². The van der Waals surface area contributed by atoms with Gasteiger partial charge in [0, 0.05) is 30.8 Å². The minimum absolute atomic E-state index is 0.102. The van der Waals surface area contributed by atoms with E-state index in [4.69, 9.17) is 4.98 Å². The van der Waals surface area contributed by atoms with Crippen LogP contribution in [0.5, 0.6) is 0 Å². The molecule has 0 saturated carbocycles. The summed E-state index contributed by atoms with van der Waals surface area (Å²) in [5, 5.41) is 0.623. The number of H-pyrrole nitrogens is 1. The first-order valence-corrected chi connectivity index (χ1v) is 14.1. The Hall–Kier alpha value is -4.03. The van der Waals surface area contributed by atoms with Crippen molar-refractivity contribution >= 4 is 10.9 Å². The van der Waals surface area contributed by atoms with Crippen LogP contribution in [0.4, 0.5) is 0 Å². The first-order valence-electron chi connectivity index (χ1n) is 14.1. The van der Waals surface area contributed by atoms with Crippen molar-refractivity contribution in [2.75, 3.05) is 6.54 Å². The number of nitrogens with one attached hydrogen (secondary N) is 1. The summed E-state index contributed by atoms with van der Waals surface area (Å²) in [5.74, 6) is 1.03. The fraction of sp³-hybridized carbons (Fsp3) is 0.303. The third kappa shape index (κ3) is 6.18. The van der Waals surface area contributed by atoms with Gasteiger partial charge in [-0.3, -0.25) is 9.69 Å². The average molecular weight is 520 g/mol. The molecule has 0 spiro atoms. The molecule has 0 saturated heterocycles. The zero-order chi connectivity index (χ0) is 27.0. The first-order chi connectivity index (χ1) is 19.2. The van der Waals surface area contributed by atoms with Gasteiger partial charge in [-0.15, -0.1) is 0 Å². The fourth-order valence-electron chi connectivity index (χ4n) is 5.12. The lowest BCUT2D eigenvalue weighted by Crippen LogP contribution is -2.26. The SMILES string of the molecule is CCCCN(Cc1ccc2c(=O)[nH]cnc2c1)Cc1c(-c2ccccc2)nc(-c2ccccc2)n1CCCC. The lowest BCUT2D eigenvalue weighted by atomic mass is 10.1. The molecule has 5 rings (SSSR count). The van der Waals surface area contributed by atoms with Crippen LogP contribution in [0.15, 0.2) is 90.0 Å². The highest BCUT2D eigenvalue weighted by Gasteiger charge is 2.22. The summed E-state index contributed by atoms with van der Waals surface area (Å²) in [7, 11) is 0. The van der Waals surface area contributed by atoms with Gasteiger partial charge in [-0.25, -0.2) is 9.97 Å². The first kappa shape index (κ1) is 26.6. The molecule has 0 radical (unpaired) electrons. The number of benzene rings is 3. The lowest BCUT2D eigenvalue weighted by Gasteiger charge is -2.24. The molecule has 0 atom stereocenters. The number of unbranched alkanes of at least 4 members (excludes halogenated alkanes) is 2. The van der Waals surface area contributed by atoms with Crippen molar-refractivity contribution in [1.82, 2.24) is 24.4 Å². The van der Waals surface area contributed by atoms with E-state index in [0.717, 1.165) is 85.6 Å². The van der Waals surface area contributed by atoms with Crippen molar-refractivity contribution in [2.24, 2.45) is 0 Å². The molecule has 200 valence electrons. The van der Waals surface area contributed by atoms with Crippen molar-refractivity contribution in [2.45, 2.75) is 59.2 Å². The highest BCUT2D eigenvalue weighted by Crippen LogP contribution is 2.31. The number of hydrogen-bond donors (Lipinski definition) is 1. The monoisotopic (exact) mass is 519 g/mol. The van der Waals surface area contributed by atoms with E-state index in [9.17, 15) is 4.79 Å². The predicted octanol–water partition coefficient (Wildman–Crippen LogP) is 7.06. The van der Waals surface area contributed by atoms with Crippen LogP contribution in [0.3, 0.4) is 0 Å². The quantitative estimate of drug-likeness (QED) is 0.192. The Morgan fingerprint density at radius 2 is 1.56 bits per heavy atom. The maximum atomic E-state index is 12.2. The topological polar surface area (TPSA) is 66.8 Å². The molecule has 0 unspecified atom stereocenters. The second-order valence-corrected chi connectivity index (χ2v) is 10.1. The van der Waals surface area contributed by atoms with Crippen molar-refractivity contribution in [1.29, 1.82) is 0 Å². The summed E-state index contributed by atoms with van der Waals surface area (Å²) >= 11 is 0. The standard InChI is InChI=1S/C33H37N5O/c1-3-5-19-37(22-25-17-18-28-29(21-25)34-24-35-33(28)39)23-30-31(26-13-9-7-10-14-26)36-32(38(30)20-6-4-2)27-15-11-8-12-16-27/h7-18,21,24H,3-6,19-20,22-23H2,1-2H3,(H,34,35,39). The number of rotatable bonds is 12. The third-order valence-corrected chi connectivity index (χ3v) is 7.20. The van der Waals surface area contributed by atoms with Gasteiger partial charge in [0.15, 0.2) is 0 Å². The summed E-state index contributed by atoms with van der Waals surface area (Å²) in [6.07, 6.45) is 5.93. The molecular weight excluding hydrogens is 482 g/mol. The number of fused-ring (bicyclic) bond motifs is 1. The van der Waals surface area contributed by atoms with Crippen LogP contribution in [-0.4, -0.2) is 31.0 Å². The van der Waals surface area contributed by atoms with Crippen molar-refractivity contribution < 1.29 is 0 Å². The molecule has 0 aliphatic heterocycles. The Morgan fingerprint density at radius 1 is 0.846 bits per heavy atom. The number of aromatic nitrogens is 4. The van der Waals surface area contributed by atoms with E-state index in [2.05, 4.69) is 100 Å². The lowest BCUT2D eigenvalue weighted by molar-refractivity contribution is 0.246. The van der Waals surface area contributed by atoms with Gasteiger partial charge < -0.3 is 9.55 Å². The second kappa shape index (κ2) is 12.7. The second-order valence-electron chi connectivity index (χ2n) is 10.1. The zero-order valence-electron chi connectivity index (χ0n) is 22.9. The highest BCUT2D eigenvalue weighted by atomic mass is 16.1. The summed E-state index contributed by atoms with van der Waals surface area (Å²) in [4.78, 5) is 27.1. The molecule has 39 heavy (non-hydrogen) atoms. The molecule has 1 N–H and O–H groups in total. The smallest absolute Gasteiger partial charge is 0.258 e. The maximum absolute atomic E-state index is 12.2.